The third-order valence-electron chi connectivity index (χ3n) is 11.7. The smallest absolute Gasteiger partial charge is 0.261 e. The van der Waals surface area contributed by atoms with Crippen LogP contribution in [0.4, 0.5) is 0 Å². The maximum absolute atomic E-state index is 13.9. The molecule has 0 atom stereocenters. The Morgan fingerprint density at radius 2 is 0.759 bits per heavy atom. The molecule has 0 spiro atoms. The number of carbonyl (C=O) groups is 4. The van der Waals surface area contributed by atoms with Gasteiger partial charge in [-0.1, -0.05) is 24.3 Å². The highest BCUT2D eigenvalue weighted by Crippen LogP contribution is 2.46. The van der Waals surface area contributed by atoms with Crippen molar-refractivity contribution in [3.8, 4) is 0 Å². The lowest BCUT2D eigenvalue weighted by Crippen LogP contribution is -2.44. The van der Waals surface area contributed by atoms with Crippen molar-refractivity contribution in [3.05, 3.63) is 70.8 Å². The number of morpholine rings is 2. The number of imide groups is 2. The molecule has 5 aromatic rings. The number of ether oxygens (including phenoxy) is 2. The Bertz CT molecular complexity index is 2000. The number of hydrogen-bond acceptors (Lipinski definition) is 10. The third-order valence-corrected chi connectivity index (χ3v) is 11.7. The highest BCUT2D eigenvalue weighted by Gasteiger charge is 2.36. The molecule has 0 aliphatic carbocycles. The van der Waals surface area contributed by atoms with E-state index in [2.05, 4.69) is 20.4 Å². The average Bonchev–Trinajstić information content (AvgIpc) is 3.21. The fourth-order valence-corrected chi connectivity index (χ4v) is 8.91. The van der Waals surface area contributed by atoms with E-state index in [0.717, 1.165) is 124 Å². The summed E-state index contributed by atoms with van der Waals surface area (Å²) in [6.07, 6.45) is 1.97. The Kier molecular flexibility index (Phi) is 9.72. The molecule has 5 aromatic carbocycles. The van der Waals surface area contributed by atoms with E-state index >= 15 is 0 Å². The van der Waals surface area contributed by atoms with E-state index in [1.807, 2.05) is 48.5 Å². The second kappa shape index (κ2) is 14.9. The van der Waals surface area contributed by atoms with Gasteiger partial charge in [-0.15, -0.1) is 0 Å². The standard InChI is InChI=1S/C42H46N6O6/c49-39-31-7-3-27-29-5-9-33-38-34(42(52)48(41(33)51)18-14-44-12-2-16-46-21-25-54-26-22-46)10-6-30(36(29)38)28-4-8-32(37(31)35(27)28)40(50)47(39)17-13-43-11-1-15-45-19-23-53-24-20-45/h3-10,43-44H,1-2,11-26H2. The van der Waals surface area contributed by atoms with Crippen molar-refractivity contribution in [2.75, 3.05) is 105 Å². The fourth-order valence-electron chi connectivity index (χ4n) is 8.91. The van der Waals surface area contributed by atoms with Gasteiger partial charge in [0.25, 0.3) is 23.6 Å². The van der Waals surface area contributed by atoms with Gasteiger partial charge in [-0.25, -0.2) is 0 Å². The predicted molar refractivity (Wildman–Crippen MR) is 208 cm³/mol. The Labute approximate surface area is 313 Å². The van der Waals surface area contributed by atoms with Crippen molar-refractivity contribution >= 4 is 66.7 Å². The van der Waals surface area contributed by atoms with E-state index in [1.165, 1.54) is 9.80 Å². The Morgan fingerprint density at radius 1 is 0.426 bits per heavy atom. The SMILES string of the molecule is O=C1c2ccc3c4ccc5c6c(ccc(c7ccc(c2c37)C(=O)N1CCNCCCN1CCOCC1)c64)C(=O)N(CCNCCCN1CCOCC1)C5=O. The molecular weight excluding hydrogens is 684 g/mol. The first-order chi connectivity index (χ1) is 26.5. The number of amides is 4. The van der Waals surface area contributed by atoms with Crippen LogP contribution < -0.4 is 10.6 Å². The Balaban J connectivity index is 0.941. The molecule has 4 heterocycles. The molecule has 280 valence electrons. The molecule has 12 heteroatoms. The number of carbonyl (C=O) groups excluding carboxylic acids is 4. The summed E-state index contributed by atoms with van der Waals surface area (Å²) in [5, 5.41) is 13.4. The summed E-state index contributed by atoms with van der Waals surface area (Å²) < 4.78 is 10.9. The van der Waals surface area contributed by atoms with Crippen LogP contribution in [0, 0.1) is 0 Å². The first-order valence-electron chi connectivity index (χ1n) is 19.5. The molecule has 0 radical (unpaired) electrons. The molecule has 0 saturated carbocycles. The van der Waals surface area contributed by atoms with Gasteiger partial charge < -0.3 is 20.1 Å². The summed E-state index contributed by atoms with van der Waals surface area (Å²) in [5.74, 6) is -1.15. The van der Waals surface area contributed by atoms with Gasteiger partial charge in [0, 0.05) is 85.4 Å². The van der Waals surface area contributed by atoms with E-state index in [1.54, 1.807) is 0 Å². The van der Waals surface area contributed by atoms with Crippen LogP contribution in [0.2, 0.25) is 0 Å². The van der Waals surface area contributed by atoms with Crippen LogP contribution in [0.25, 0.3) is 43.1 Å². The Hall–Kier alpha value is -4.56. The summed E-state index contributed by atoms with van der Waals surface area (Å²) >= 11 is 0. The number of fused-ring (bicyclic) bond motifs is 2. The molecule has 2 N–H and O–H groups in total. The van der Waals surface area contributed by atoms with Crippen LogP contribution in [-0.4, -0.2) is 148 Å². The topological polar surface area (TPSA) is 124 Å². The van der Waals surface area contributed by atoms with Crippen molar-refractivity contribution in [1.29, 1.82) is 0 Å². The van der Waals surface area contributed by atoms with E-state index in [4.69, 9.17) is 9.47 Å². The number of hydrogen-bond donors (Lipinski definition) is 2. The molecular formula is C42H46N6O6. The van der Waals surface area contributed by atoms with E-state index in [0.29, 0.717) is 46.1 Å². The van der Waals surface area contributed by atoms with Gasteiger partial charge >= 0.3 is 0 Å². The summed E-state index contributed by atoms with van der Waals surface area (Å²) in [5.41, 5.74) is 2.06. The van der Waals surface area contributed by atoms with Gasteiger partial charge in [0.15, 0.2) is 0 Å². The lowest BCUT2D eigenvalue weighted by molar-refractivity contribution is 0.0374. The van der Waals surface area contributed by atoms with E-state index in [-0.39, 0.29) is 36.7 Å². The second-order valence-corrected chi connectivity index (χ2v) is 14.8. The van der Waals surface area contributed by atoms with Crippen molar-refractivity contribution in [1.82, 2.24) is 30.2 Å². The molecule has 0 aromatic heterocycles. The van der Waals surface area contributed by atoms with Gasteiger partial charge in [0.1, 0.15) is 0 Å². The Morgan fingerprint density at radius 3 is 1.09 bits per heavy atom. The maximum Gasteiger partial charge on any atom is 0.261 e. The van der Waals surface area contributed by atoms with Crippen molar-refractivity contribution in [2.24, 2.45) is 0 Å². The highest BCUT2D eigenvalue weighted by molar-refractivity contribution is 6.41. The van der Waals surface area contributed by atoms with Crippen LogP contribution in [-0.2, 0) is 9.47 Å². The first kappa shape index (κ1) is 35.2. The molecule has 2 fully saturated rings. The molecule has 4 amide bonds. The van der Waals surface area contributed by atoms with Gasteiger partial charge in [-0.3, -0.25) is 38.8 Å². The van der Waals surface area contributed by atoms with Gasteiger partial charge in [0.05, 0.1) is 26.4 Å². The molecule has 9 rings (SSSR count). The molecule has 4 aliphatic heterocycles. The van der Waals surface area contributed by atoms with Crippen molar-refractivity contribution in [3.63, 3.8) is 0 Å². The quantitative estimate of drug-likeness (QED) is 0.0760. The van der Waals surface area contributed by atoms with Crippen LogP contribution in [0.5, 0.6) is 0 Å². The minimum Gasteiger partial charge on any atom is -0.379 e. The third kappa shape index (κ3) is 6.11. The van der Waals surface area contributed by atoms with E-state index in [9.17, 15) is 19.2 Å². The predicted octanol–water partition coefficient (Wildman–Crippen LogP) is 3.55. The highest BCUT2D eigenvalue weighted by atomic mass is 16.5. The van der Waals surface area contributed by atoms with Crippen molar-refractivity contribution in [2.45, 2.75) is 12.8 Å². The summed E-state index contributed by atoms with van der Waals surface area (Å²) in [6.45, 7) is 12.2. The molecule has 2 saturated heterocycles. The summed E-state index contributed by atoms with van der Waals surface area (Å²) in [6, 6.07) is 15.1. The summed E-state index contributed by atoms with van der Waals surface area (Å²) in [4.78, 5) is 63.1. The largest absolute Gasteiger partial charge is 0.379 e. The van der Waals surface area contributed by atoms with Crippen molar-refractivity contribution < 1.29 is 28.7 Å². The normalized spacial score (nSPS) is 18.4. The molecule has 54 heavy (non-hydrogen) atoms. The fraction of sp³-hybridized carbons (Fsp3) is 0.429. The van der Waals surface area contributed by atoms with Crippen LogP contribution in [0.1, 0.15) is 54.3 Å². The number of nitrogens with one attached hydrogen (secondary N) is 2. The zero-order valence-corrected chi connectivity index (χ0v) is 30.6. The van der Waals surface area contributed by atoms with Gasteiger partial charge in [-0.2, -0.15) is 0 Å². The minimum absolute atomic E-state index is 0.287. The molecule has 12 nitrogen and oxygen atoms in total. The van der Waals surface area contributed by atoms with E-state index < -0.39 is 0 Å². The van der Waals surface area contributed by atoms with Gasteiger partial charge in [-0.05, 0) is 95.6 Å². The van der Waals surface area contributed by atoms with Gasteiger partial charge in [0.2, 0.25) is 0 Å². The number of nitrogens with zero attached hydrogens (tertiary/aromatic N) is 4. The molecule has 0 bridgehead atoms. The summed E-state index contributed by atoms with van der Waals surface area (Å²) in [7, 11) is 0. The minimum atomic E-state index is -0.287. The lowest BCUT2D eigenvalue weighted by Gasteiger charge is -2.30. The molecule has 0 unspecified atom stereocenters. The van der Waals surface area contributed by atoms with Crippen LogP contribution in [0.3, 0.4) is 0 Å². The zero-order valence-electron chi connectivity index (χ0n) is 30.6. The lowest BCUT2D eigenvalue weighted by atomic mass is 9.82. The average molecular weight is 731 g/mol. The van der Waals surface area contributed by atoms with Crippen LogP contribution in [0.15, 0.2) is 48.5 Å². The maximum atomic E-state index is 13.9. The molecule has 4 aliphatic rings. The first-order valence-corrected chi connectivity index (χ1v) is 19.5. The monoisotopic (exact) mass is 730 g/mol. The zero-order chi connectivity index (χ0) is 36.8. The van der Waals surface area contributed by atoms with Crippen LogP contribution >= 0.6 is 0 Å². The second-order valence-electron chi connectivity index (χ2n) is 14.8. The number of benzene rings is 5. The number of rotatable bonds is 14.